The van der Waals surface area contributed by atoms with E-state index in [0.29, 0.717) is 5.69 Å². The number of hydrogen-bond donors (Lipinski definition) is 1. The fourth-order valence-electron chi connectivity index (χ4n) is 3.47. The smallest absolute Gasteiger partial charge is 0.246 e. The number of rotatable bonds is 6. The average molecular weight is 355 g/mol. The van der Waals surface area contributed by atoms with Gasteiger partial charge in [0.15, 0.2) is 0 Å². The number of halogens is 1. The van der Waals surface area contributed by atoms with E-state index in [4.69, 9.17) is 0 Å². The molecule has 1 amide bonds. The number of piperazine rings is 1. The zero-order chi connectivity index (χ0) is 18.4. The van der Waals surface area contributed by atoms with Crippen molar-refractivity contribution in [3.8, 4) is 0 Å². The lowest BCUT2D eigenvalue weighted by molar-refractivity contribution is -0.122. The maximum absolute atomic E-state index is 13.1. The highest BCUT2D eigenvalue weighted by molar-refractivity contribution is 5.95. The van der Waals surface area contributed by atoms with Gasteiger partial charge < -0.3 is 10.2 Å². The number of carbonyl (C=O) groups excluding carboxylic acids is 1. The van der Waals surface area contributed by atoms with Gasteiger partial charge in [0.2, 0.25) is 5.91 Å². The van der Waals surface area contributed by atoms with Crippen LogP contribution in [0.2, 0.25) is 0 Å². The van der Waals surface area contributed by atoms with Crippen LogP contribution < -0.4 is 5.32 Å². The predicted molar refractivity (Wildman–Crippen MR) is 103 cm³/mol. The Morgan fingerprint density at radius 2 is 1.69 bits per heavy atom. The minimum absolute atomic E-state index is 0.0771. The number of hydrogen-bond acceptors (Lipinski definition) is 3. The molecular weight excluding hydrogens is 329 g/mol. The van der Waals surface area contributed by atoms with Crippen LogP contribution in [0.15, 0.2) is 54.6 Å². The number of carbonyl (C=O) groups is 1. The Kier molecular flexibility index (Phi) is 6.36. The van der Waals surface area contributed by atoms with Crippen LogP contribution in [0.4, 0.5) is 10.1 Å². The molecule has 2 aromatic carbocycles. The normalized spacial score (nSPS) is 17.0. The molecule has 0 radical (unpaired) electrons. The van der Waals surface area contributed by atoms with Crippen LogP contribution in [-0.2, 0) is 4.79 Å². The molecule has 0 spiro atoms. The molecule has 1 aliphatic rings. The second-order valence-corrected chi connectivity index (χ2v) is 6.69. The molecule has 138 valence electrons. The Hall–Kier alpha value is -2.24. The molecule has 1 N–H and O–H groups in total. The first-order valence-corrected chi connectivity index (χ1v) is 9.25. The molecule has 5 heteroatoms. The topological polar surface area (TPSA) is 35.6 Å². The van der Waals surface area contributed by atoms with Gasteiger partial charge in [-0.25, -0.2) is 4.39 Å². The van der Waals surface area contributed by atoms with Crippen LogP contribution in [-0.4, -0.2) is 48.4 Å². The van der Waals surface area contributed by atoms with Crippen LogP contribution in [0.3, 0.4) is 0 Å². The Morgan fingerprint density at radius 3 is 2.31 bits per heavy atom. The third-order valence-electron chi connectivity index (χ3n) is 4.79. The standard InChI is InChI=1S/C21H26FN3O/c1-2-12-24-13-15-25(16-14-24)20(17-6-4-3-5-7-17)21(26)23-19-10-8-18(22)9-11-19/h3-11,20H,2,12-16H2,1H3,(H,23,26)/t20-/m1/s1. The van der Waals surface area contributed by atoms with E-state index >= 15 is 0 Å². The zero-order valence-electron chi connectivity index (χ0n) is 15.2. The molecule has 0 saturated carbocycles. The number of amides is 1. The summed E-state index contributed by atoms with van der Waals surface area (Å²) in [5.41, 5.74) is 1.60. The highest BCUT2D eigenvalue weighted by atomic mass is 19.1. The summed E-state index contributed by atoms with van der Waals surface area (Å²) in [6.07, 6.45) is 1.15. The fourth-order valence-corrected chi connectivity index (χ4v) is 3.47. The van der Waals surface area contributed by atoms with Crippen LogP contribution in [0.1, 0.15) is 24.9 Å². The van der Waals surface area contributed by atoms with Gasteiger partial charge in [0.25, 0.3) is 0 Å². The lowest BCUT2D eigenvalue weighted by Crippen LogP contribution is -2.50. The predicted octanol–water partition coefficient (Wildman–Crippen LogP) is 3.53. The van der Waals surface area contributed by atoms with E-state index in [9.17, 15) is 9.18 Å². The summed E-state index contributed by atoms with van der Waals surface area (Å²) in [6.45, 7) is 6.95. The lowest BCUT2D eigenvalue weighted by Gasteiger charge is -2.38. The monoisotopic (exact) mass is 355 g/mol. The molecule has 0 aliphatic carbocycles. The molecule has 26 heavy (non-hydrogen) atoms. The number of nitrogens with zero attached hydrogens (tertiary/aromatic N) is 2. The maximum Gasteiger partial charge on any atom is 0.246 e. The van der Waals surface area contributed by atoms with E-state index in [0.717, 1.165) is 44.7 Å². The van der Waals surface area contributed by atoms with E-state index in [1.807, 2.05) is 30.3 Å². The van der Waals surface area contributed by atoms with E-state index < -0.39 is 0 Å². The molecule has 1 aliphatic heterocycles. The van der Waals surface area contributed by atoms with Gasteiger partial charge >= 0.3 is 0 Å². The second-order valence-electron chi connectivity index (χ2n) is 6.69. The maximum atomic E-state index is 13.1. The van der Waals surface area contributed by atoms with Gasteiger partial charge in [-0.3, -0.25) is 9.69 Å². The first kappa shape index (κ1) is 18.5. The van der Waals surface area contributed by atoms with Crippen molar-refractivity contribution < 1.29 is 9.18 Å². The number of nitrogens with one attached hydrogen (secondary N) is 1. The van der Waals surface area contributed by atoms with Crippen molar-refractivity contribution in [3.63, 3.8) is 0 Å². The van der Waals surface area contributed by atoms with Crippen molar-refractivity contribution >= 4 is 11.6 Å². The van der Waals surface area contributed by atoms with E-state index in [2.05, 4.69) is 22.0 Å². The Balaban J connectivity index is 1.75. The highest BCUT2D eigenvalue weighted by Crippen LogP contribution is 2.24. The molecule has 1 saturated heterocycles. The minimum Gasteiger partial charge on any atom is -0.324 e. The Labute approximate surface area is 154 Å². The summed E-state index contributed by atoms with van der Waals surface area (Å²) in [6, 6.07) is 15.4. The first-order chi connectivity index (χ1) is 12.7. The molecule has 0 bridgehead atoms. The average Bonchev–Trinajstić information content (AvgIpc) is 2.66. The summed E-state index contributed by atoms with van der Waals surface area (Å²) in [7, 11) is 0. The van der Waals surface area contributed by atoms with E-state index in [-0.39, 0.29) is 17.8 Å². The van der Waals surface area contributed by atoms with Crippen LogP contribution in [0.25, 0.3) is 0 Å². The fraction of sp³-hybridized carbons (Fsp3) is 0.381. The van der Waals surface area contributed by atoms with Crippen molar-refractivity contribution in [2.45, 2.75) is 19.4 Å². The van der Waals surface area contributed by atoms with Crippen molar-refractivity contribution in [2.75, 3.05) is 38.0 Å². The quantitative estimate of drug-likeness (QED) is 0.861. The van der Waals surface area contributed by atoms with Crippen LogP contribution >= 0.6 is 0 Å². The molecular formula is C21H26FN3O. The molecule has 0 unspecified atom stereocenters. The van der Waals surface area contributed by atoms with Crippen molar-refractivity contribution in [3.05, 3.63) is 66.0 Å². The minimum atomic E-state index is -0.343. The zero-order valence-corrected chi connectivity index (χ0v) is 15.2. The molecule has 1 fully saturated rings. The van der Waals surface area contributed by atoms with Gasteiger partial charge in [-0.1, -0.05) is 37.3 Å². The van der Waals surface area contributed by atoms with E-state index in [1.54, 1.807) is 12.1 Å². The van der Waals surface area contributed by atoms with Gasteiger partial charge in [-0.05, 0) is 42.8 Å². The molecule has 1 atom stereocenters. The van der Waals surface area contributed by atoms with Gasteiger partial charge in [-0.2, -0.15) is 0 Å². The van der Waals surface area contributed by atoms with E-state index in [1.165, 1.54) is 12.1 Å². The third-order valence-corrected chi connectivity index (χ3v) is 4.79. The summed E-state index contributed by atoms with van der Waals surface area (Å²) in [5, 5.41) is 2.94. The third kappa shape index (κ3) is 4.68. The van der Waals surface area contributed by atoms with Gasteiger partial charge in [-0.15, -0.1) is 0 Å². The summed E-state index contributed by atoms with van der Waals surface area (Å²) >= 11 is 0. The summed E-state index contributed by atoms with van der Waals surface area (Å²) in [4.78, 5) is 17.7. The molecule has 3 rings (SSSR count). The van der Waals surface area contributed by atoms with Crippen LogP contribution in [0, 0.1) is 5.82 Å². The molecule has 0 aromatic heterocycles. The van der Waals surface area contributed by atoms with Crippen LogP contribution in [0.5, 0.6) is 0 Å². The molecule has 1 heterocycles. The van der Waals surface area contributed by atoms with Crippen molar-refractivity contribution in [1.29, 1.82) is 0 Å². The van der Waals surface area contributed by atoms with Gasteiger partial charge in [0.1, 0.15) is 11.9 Å². The summed E-state index contributed by atoms with van der Waals surface area (Å²) in [5.74, 6) is -0.388. The lowest BCUT2D eigenvalue weighted by atomic mass is 10.0. The van der Waals surface area contributed by atoms with Gasteiger partial charge in [0.05, 0.1) is 0 Å². The number of anilines is 1. The highest BCUT2D eigenvalue weighted by Gasteiger charge is 2.30. The van der Waals surface area contributed by atoms with Crippen molar-refractivity contribution in [2.24, 2.45) is 0 Å². The van der Waals surface area contributed by atoms with Gasteiger partial charge in [0, 0.05) is 31.9 Å². The first-order valence-electron chi connectivity index (χ1n) is 9.25. The molecule has 4 nitrogen and oxygen atoms in total. The van der Waals surface area contributed by atoms with Crippen molar-refractivity contribution in [1.82, 2.24) is 9.80 Å². The Morgan fingerprint density at radius 1 is 1.04 bits per heavy atom. The Bertz CT molecular complexity index is 697. The SMILES string of the molecule is CCCN1CCN([C@@H](C(=O)Nc2ccc(F)cc2)c2ccccc2)CC1. The number of benzene rings is 2. The summed E-state index contributed by atoms with van der Waals surface area (Å²) < 4.78 is 13.1. The molecule has 2 aromatic rings. The second kappa shape index (κ2) is 8.92. The largest absolute Gasteiger partial charge is 0.324 e.